The Labute approximate surface area is 258 Å². The molecule has 0 unspecified atom stereocenters. The molecule has 0 aliphatic carbocycles. The minimum absolute atomic E-state index is 0.0138. The molecule has 2 rings (SSSR count). The van der Waals surface area contributed by atoms with Crippen LogP contribution < -0.4 is 16.0 Å². The molecule has 0 aromatic heterocycles. The van der Waals surface area contributed by atoms with E-state index in [9.17, 15) is 24.3 Å². The maximum absolute atomic E-state index is 13.5. The van der Waals surface area contributed by atoms with E-state index in [1.165, 1.54) is 19.3 Å². The standard InChI is InChI=1S/C33H43N3O8/c1-5-13-26(19-29(38)34-23(3)20-37)31(39)35-28(22-42-4)30(25-17-11-8-12-18-25)44-32(40)27(14-6-2)36-33(41)43-21-24-15-9-7-10-16-24/h5-12,15-18,23,26-28,30,37H,1-2,13-14,19-22H2,3-4H3,(H,34,38)(H,35,39)(H,36,41)/t23-,26+,27-,28+,30+/m1/s1. The van der Waals surface area contributed by atoms with Crippen molar-refractivity contribution in [1.82, 2.24) is 16.0 Å². The summed E-state index contributed by atoms with van der Waals surface area (Å²) in [6.45, 7) is 8.76. The van der Waals surface area contributed by atoms with Crippen LogP contribution in [0.5, 0.6) is 0 Å². The Morgan fingerprint density at radius 3 is 2.14 bits per heavy atom. The van der Waals surface area contributed by atoms with Gasteiger partial charge in [-0.05, 0) is 30.9 Å². The summed E-state index contributed by atoms with van der Waals surface area (Å²) in [7, 11) is 1.44. The van der Waals surface area contributed by atoms with Crippen molar-refractivity contribution >= 4 is 23.9 Å². The Morgan fingerprint density at radius 1 is 0.909 bits per heavy atom. The van der Waals surface area contributed by atoms with E-state index in [0.29, 0.717) is 5.56 Å². The first-order valence-electron chi connectivity index (χ1n) is 14.4. The van der Waals surface area contributed by atoms with E-state index in [4.69, 9.17) is 14.2 Å². The molecule has 0 spiro atoms. The van der Waals surface area contributed by atoms with Crippen LogP contribution in [-0.2, 0) is 35.2 Å². The van der Waals surface area contributed by atoms with E-state index in [1.807, 2.05) is 18.2 Å². The average molecular weight is 610 g/mol. The van der Waals surface area contributed by atoms with Gasteiger partial charge in [-0.25, -0.2) is 9.59 Å². The number of hydrogen-bond donors (Lipinski definition) is 4. The Hall–Kier alpha value is -4.48. The van der Waals surface area contributed by atoms with E-state index in [-0.39, 0.29) is 39.1 Å². The van der Waals surface area contributed by atoms with Gasteiger partial charge in [0.25, 0.3) is 0 Å². The lowest BCUT2D eigenvalue weighted by molar-refractivity contribution is -0.155. The summed E-state index contributed by atoms with van der Waals surface area (Å²) in [6, 6.07) is 15.4. The second-order valence-electron chi connectivity index (χ2n) is 10.2. The fraction of sp³-hybridized carbons (Fsp3) is 0.394. The number of alkyl carbamates (subject to hydrolysis) is 1. The van der Waals surface area contributed by atoms with Crippen LogP contribution in [0.15, 0.2) is 86.0 Å². The number of amides is 3. The van der Waals surface area contributed by atoms with Crippen molar-refractivity contribution in [1.29, 1.82) is 0 Å². The molecule has 5 atom stereocenters. The molecule has 0 bridgehead atoms. The molecule has 4 N–H and O–H groups in total. The van der Waals surface area contributed by atoms with Gasteiger partial charge < -0.3 is 35.3 Å². The maximum Gasteiger partial charge on any atom is 0.408 e. The van der Waals surface area contributed by atoms with Gasteiger partial charge in [0.2, 0.25) is 11.8 Å². The summed E-state index contributed by atoms with van der Waals surface area (Å²) in [5.41, 5.74) is 1.35. The molecule has 0 aliphatic heterocycles. The average Bonchev–Trinajstić information content (AvgIpc) is 3.02. The van der Waals surface area contributed by atoms with Crippen molar-refractivity contribution in [3.8, 4) is 0 Å². The molecule has 11 nitrogen and oxygen atoms in total. The third kappa shape index (κ3) is 12.4. The quantitative estimate of drug-likeness (QED) is 0.140. The second kappa shape index (κ2) is 19.7. The smallest absolute Gasteiger partial charge is 0.408 e. The topological polar surface area (TPSA) is 152 Å². The van der Waals surface area contributed by atoms with Crippen LogP contribution in [0.2, 0.25) is 0 Å². The number of aliphatic hydroxyl groups excluding tert-OH is 1. The molecule has 0 saturated carbocycles. The number of allylic oxidation sites excluding steroid dienone is 1. The first-order chi connectivity index (χ1) is 21.2. The lowest BCUT2D eigenvalue weighted by Crippen LogP contribution is -2.49. The predicted octanol–water partition coefficient (Wildman–Crippen LogP) is 3.35. The summed E-state index contributed by atoms with van der Waals surface area (Å²) >= 11 is 0. The lowest BCUT2D eigenvalue weighted by Gasteiger charge is -2.30. The highest BCUT2D eigenvalue weighted by Crippen LogP contribution is 2.24. The molecule has 11 heteroatoms. The van der Waals surface area contributed by atoms with Crippen LogP contribution in [0.1, 0.15) is 43.4 Å². The van der Waals surface area contributed by atoms with Crippen LogP contribution >= 0.6 is 0 Å². The lowest BCUT2D eigenvalue weighted by atomic mass is 9.97. The Kier molecular flexibility index (Phi) is 16.0. The molecule has 0 heterocycles. The van der Waals surface area contributed by atoms with Gasteiger partial charge in [-0.2, -0.15) is 0 Å². The summed E-state index contributed by atoms with van der Waals surface area (Å²) < 4.78 is 16.6. The molecule has 0 radical (unpaired) electrons. The van der Waals surface area contributed by atoms with Gasteiger partial charge in [0, 0.05) is 19.6 Å². The second-order valence-corrected chi connectivity index (χ2v) is 10.2. The van der Waals surface area contributed by atoms with Gasteiger partial charge in [0.1, 0.15) is 18.8 Å². The number of rotatable bonds is 19. The van der Waals surface area contributed by atoms with Crippen molar-refractivity contribution in [2.24, 2.45) is 5.92 Å². The summed E-state index contributed by atoms with van der Waals surface area (Å²) in [5, 5.41) is 17.3. The SMILES string of the molecule is C=CC[C@@H](CC(=O)N[C@H](C)CO)C(=O)N[C@@H](COC)[C@@H](OC(=O)[C@@H](CC=C)NC(=O)OCc1ccccc1)c1ccccc1. The largest absolute Gasteiger partial charge is 0.454 e. The molecule has 44 heavy (non-hydrogen) atoms. The number of carbonyl (C=O) groups excluding carboxylic acids is 4. The van der Waals surface area contributed by atoms with Crippen LogP contribution in [0.25, 0.3) is 0 Å². The van der Waals surface area contributed by atoms with Crippen molar-refractivity contribution < 1.29 is 38.5 Å². The maximum atomic E-state index is 13.5. The monoisotopic (exact) mass is 609 g/mol. The molecule has 0 aliphatic rings. The van der Waals surface area contributed by atoms with Gasteiger partial charge in [0.15, 0.2) is 0 Å². The van der Waals surface area contributed by atoms with Gasteiger partial charge in [0.05, 0.1) is 25.2 Å². The van der Waals surface area contributed by atoms with E-state index < -0.39 is 54.0 Å². The molecule has 0 saturated heterocycles. The van der Waals surface area contributed by atoms with Crippen LogP contribution in [0, 0.1) is 5.92 Å². The van der Waals surface area contributed by atoms with Crippen LogP contribution in [0.3, 0.4) is 0 Å². The number of aliphatic hydroxyl groups is 1. The van der Waals surface area contributed by atoms with E-state index in [0.717, 1.165) is 5.56 Å². The van der Waals surface area contributed by atoms with Gasteiger partial charge >= 0.3 is 12.1 Å². The van der Waals surface area contributed by atoms with E-state index in [1.54, 1.807) is 49.4 Å². The highest BCUT2D eigenvalue weighted by molar-refractivity contribution is 5.86. The van der Waals surface area contributed by atoms with Crippen molar-refractivity contribution in [2.45, 2.75) is 57.0 Å². The van der Waals surface area contributed by atoms with Gasteiger partial charge in [-0.15, -0.1) is 13.2 Å². The first kappa shape index (κ1) is 35.7. The highest BCUT2D eigenvalue weighted by atomic mass is 16.6. The Bertz CT molecular complexity index is 1210. The first-order valence-corrected chi connectivity index (χ1v) is 14.4. The van der Waals surface area contributed by atoms with Gasteiger partial charge in [-0.3, -0.25) is 9.59 Å². The zero-order valence-electron chi connectivity index (χ0n) is 25.3. The number of benzene rings is 2. The summed E-state index contributed by atoms with van der Waals surface area (Å²) in [5.74, 6) is -2.42. The fourth-order valence-corrected chi connectivity index (χ4v) is 4.29. The zero-order chi connectivity index (χ0) is 32.3. The third-order valence-corrected chi connectivity index (χ3v) is 6.54. The number of methoxy groups -OCH3 is 1. The van der Waals surface area contributed by atoms with Crippen molar-refractivity contribution in [2.75, 3.05) is 20.3 Å². The number of ether oxygens (including phenoxy) is 3. The normalized spacial score (nSPS) is 14.1. The molecular formula is C33H43N3O8. The fourth-order valence-electron chi connectivity index (χ4n) is 4.29. The summed E-state index contributed by atoms with van der Waals surface area (Å²) in [4.78, 5) is 51.9. The van der Waals surface area contributed by atoms with E-state index in [2.05, 4.69) is 29.1 Å². The molecule has 2 aromatic carbocycles. The molecular weight excluding hydrogens is 566 g/mol. The Balaban J connectivity index is 2.23. The minimum atomic E-state index is -1.12. The van der Waals surface area contributed by atoms with Crippen LogP contribution in [-0.4, -0.2) is 67.4 Å². The summed E-state index contributed by atoms with van der Waals surface area (Å²) in [6.07, 6.45) is 1.30. The number of carbonyl (C=O) groups is 4. The molecule has 3 amide bonds. The van der Waals surface area contributed by atoms with Crippen molar-refractivity contribution in [3.05, 3.63) is 97.1 Å². The number of nitrogens with one attached hydrogen (secondary N) is 3. The van der Waals surface area contributed by atoms with Crippen LogP contribution in [0.4, 0.5) is 4.79 Å². The third-order valence-electron chi connectivity index (χ3n) is 6.54. The Morgan fingerprint density at radius 2 is 1.55 bits per heavy atom. The molecule has 2 aromatic rings. The minimum Gasteiger partial charge on any atom is -0.454 e. The molecule has 0 fully saturated rings. The van der Waals surface area contributed by atoms with Gasteiger partial charge in [-0.1, -0.05) is 72.8 Å². The predicted molar refractivity (Wildman–Crippen MR) is 165 cm³/mol. The number of hydrogen-bond acceptors (Lipinski definition) is 8. The zero-order valence-corrected chi connectivity index (χ0v) is 25.3. The van der Waals surface area contributed by atoms with Crippen molar-refractivity contribution in [3.63, 3.8) is 0 Å². The highest BCUT2D eigenvalue weighted by Gasteiger charge is 2.33. The number of esters is 1. The molecule has 238 valence electrons. The van der Waals surface area contributed by atoms with E-state index >= 15 is 0 Å².